The molecule has 0 amide bonds. The summed E-state index contributed by atoms with van der Waals surface area (Å²) in [6.07, 6.45) is 3.22. The van der Waals surface area contributed by atoms with Crippen LogP contribution < -0.4 is 0 Å². The van der Waals surface area contributed by atoms with E-state index in [0.29, 0.717) is 15.9 Å². The van der Waals surface area contributed by atoms with Gasteiger partial charge in [0.05, 0.1) is 5.02 Å². The van der Waals surface area contributed by atoms with E-state index in [1.165, 1.54) is 12.1 Å². The van der Waals surface area contributed by atoms with Gasteiger partial charge in [0.25, 0.3) is 0 Å². The maximum atomic E-state index is 12.9. The summed E-state index contributed by atoms with van der Waals surface area (Å²) in [6.45, 7) is 0. The van der Waals surface area contributed by atoms with Gasteiger partial charge in [-0.25, -0.2) is 4.39 Å². The van der Waals surface area contributed by atoms with E-state index in [9.17, 15) is 4.39 Å². The molecule has 1 heterocycles. The maximum Gasteiger partial charge on any atom is 0.141 e. The number of nitrogens with one attached hydrogen (secondary N) is 1. The van der Waals surface area contributed by atoms with Crippen LogP contribution in [-0.2, 0) is 0 Å². The van der Waals surface area contributed by atoms with Crippen LogP contribution >= 0.6 is 23.8 Å². The van der Waals surface area contributed by atoms with Crippen LogP contribution in [0.2, 0.25) is 5.02 Å². The Kier molecular flexibility index (Phi) is 2.79. The number of hydrogen-bond acceptors (Lipinski definition) is 2. The number of benzene rings is 1. The summed E-state index contributed by atoms with van der Waals surface area (Å²) in [6, 6.07) is 4.39. The van der Waals surface area contributed by atoms with Crippen molar-refractivity contribution in [3.63, 3.8) is 0 Å². The van der Waals surface area contributed by atoms with E-state index in [4.69, 9.17) is 23.8 Å². The molecular formula is C10H6ClFN2S. The van der Waals surface area contributed by atoms with Gasteiger partial charge in [0.1, 0.15) is 16.2 Å². The fraction of sp³-hybridized carbons (Fsp3) is 0. The Balaban J connectivity index is 2.60. The summed E-state index contributed by atoms with van der Waals surface area (Å²) in [5.41, 5.74) is 1.29. The van der Waals surface area contributed by atoms with Gasteiger partial charge >= 0.3 is 0 Å². The molecule has 76 valence electrons. The van der Waals surface area contributed by atoms with Gasteiger partial charge in [-0.3, -0.25) is 4.98 Å². The van der Waals surface area contributed by atoms with Crippen molar-refractivity contribution < 1.29 is 4.39 Å². The van der Waals surface area contributed by atoms with Crippen molar-refractivity contribution in [2.24, 2.45) is 0 Å². The van der Waals surface area contributed by atoms with E-state index in [1.807, 2.05) is 0 Å². The summed E-state index contributed by atoms with van der Waals surface area (Å²) in [7, 11) is 0. The molecule has 0 saturated carbocycles. The molecule has 0 spiro atoms. The van der Waals surface area contributed by atoms with Crippen molar-refractivity contribution in [1.82, 2.24) is 9.97 Å². The second kappa shape index (κ2) is 4.08. The second-order valence-corrected chi connectivity index (χ2v) is 3.71. The van der Waals surface area contributed by atoms with Crippen LogP contribution in [-0.4, -0.2) is 9.97 Å². The lowest BCUT2D eigenvalue weighted by atomic mass is 10.1. The summed E-state index contributed by atoms with van der Waals surface area (Å²) < 4.78 is 13.4. The first kappa shape index (κ1) is 10.3. The lowest BCUT2D eigenvalue weighted by molar-refractivity contribution is 0.628. The highest BCUT2D eigenvalue weighted by Gasteiger charge is 2.05. The molecular weight excluding hydrogens is 235 g/mol. The van der Waals surface area contributed by atoms with Crippen LogP contribution in [0.1, 0.15) is 0 Å². The van der Waals surface area contributed by atoms with Gasteiger partial charge in [-0.2, -0.15) is 0 Å². The topological polar surface area (TPSA) is 28.7 Å². The van der Waals surface area contributed by atoms with Gasteiger partial charge in [-0.15, -0.1) is 0 Å². The quantitative estimate of drug-likeness (QED) is 0.772. The van der Waals surface area contributed by atoms with Crippen LogP contribution in [0.5, 0.6) is 0 Å². The summed E-state index contributed by atoms with van der Waals surface area (Å²) >= 11 is 10.7. The summed E-state index contributed by atoms with van der Waals surface area (Å²) in [5, 5.41) is 0.0625. The number of halogens is 2. The number of aromatic amines is 1. The molecule has 0 aliphatic heterocycles. The molecule has 15 heavy (non-hydrogen) atoms. The number of hydrogen-bond donors (Lipinski definition) is 1. The zero-order chi connectivity index (χ0) is 10.8. The Morgan fingerprint density at radius 3 is 2.87 bits per heavy atom. The van der Waals surface area contributed by atoms with E-state index in [2.05, 4.69) is 9.97 Å². The normalized spacial score (nSPS) is 10.3. The third kappa shape index (κ3) is 2.06. The van der Waals surface area contributed by atoms with Crippen LogP contribution in [0.25, 0.3) is 11.3 Å². The van der Waals surface area contributed by atoms with E-state index < -0.39 is 5.82 Å². The Morgan fingerprint density at radius 1 is 1.40 bits per heavy atom. The minimum Gasteiger partial charge on any atom is -0.350 e. The largest absolute Gasteiger partial charge is 0.350 e. The predicted octanol–water partition coefficient (Wildman–Crippen LogP) is 3.60. The average Bonchev–Trinajstić information content (AvgIpc) is 2.23. The lowest BCUT2D eigenvalue weighted by Crippen LogP contribution is -1.87. The minimum atomic E-state index is -0.453. The molecule has 0 radical (unpaired) electrons. The Hall–Kier alpha value is -1.26. The second-order valence-electron chi connectivity index (χ2n) is 2.90. The smallest absolute Gasteiger partial charge is 0.141 e. The van der Waals surface area contributed by atoms with E-state index in [-0.39, 0.29) is 5.02 Å². The first-order valence-electron chi connectivity index (χ1n) is 4.17. The fourth-order valence-corrected chi connectivity index (χ4v) is 1.62. The zero-order valence-corrected chi connectivity index (χ0v) is 9.07. The Bertz CT molecular complexity index is 553. The fourth-order valence-electron chi connectivity index (χ4n) is 1.20. The molecule has 0 fully saturated rings. The number of H-pyrrole nitrogens is 1. The first-order valence-corrected chi connectivity index (χ1v) is 4.96. The molecule has 1 N–H and O–H groups in total. The number of aromatic nitrogens is 2. The molecule has 2 aromatic rings. The molecule has 0 unspecified atom stereocenters. The average molecular weight is 241 g/mol. The highest BCUT2D eigenvalue weighted by molar-refractivity contribution is 7.71. The lowest BCUT2D eigenvalue weighted by Gasteiger charge is -2.01. The van der Waals surface area contributed by atoms with Gasteiger partial charge in [0.2, 0.25) is 0 Å². The molecule has 0 aliphatic rings. The molecule has 5 heteroatoms. The SMILES string of the molecule is Fc1ccc(-c2ncc[nH]c2=S)cc1Cl. The minimum absolute atomic E-state index is 0.0625. The molecule has 2 rings (SSSR count). The van der Waals surface area contributed by atoms with Crippen molar-refractivity contribution in [2.75, 3.05) is 0 Å². The van der Waals surface area contributed by atoms with Gasteiger partial charge < -0.3 is 4.98 Å². The van der Waals surface area contributed by atoms with Crippen LogP contribution in [0.3, 0.4) is 0 Å². The third-order valence-electron chi connectivity index (χ3n) is 1.90. The van der Waals surface area contributed by atoms with Gasteiger partial charge in [0, 0.05) is 18.0 Å². The van der Waals surface area contributed by atoms with E-state index >= 15 is 0 Å². The predicted molar refractivity (Wildman–Crippen MR) is 59.8 cm³/mol. The zero-order valence-electron chi connectivity index (χ0n) is 7.50. The monoisotopic (exact) mass is 240 g/mol. The molecule has 2 nitrogen and oxygen atoms in total. The highest BCUT2D eigenvalue weighted by Crippen LogP contribution is 2.23. The van der Waals surface area contributed by atoms with E-state index in [0.717, 1.165) is 0 Å². The van der Waals surface area contributed by atoms with Crippen LogP contribution in [0.4, 0.5) is 4.39 Å². The van der Waals surface area contributed by atoms with Crippen molar-refractivity contribution in [3.8, 4) is 11.3 Å². The van der Waals surface area contributed by atoms with Crippen LogP contribution in [0, 0.1) is 10.5 Å². The van der Waals surface area contributed by atoms with Crippen molar-refractivity contribution in [3.05, 3.63) is 46.1 Å². The molecule has 0 bridgehead atoms. The van der Waals surface area contributed by atoms with Gasteiger partial charge in [-0.05, 0) is 18.2 Å². The first-order chi connectivity index (χ1) is 7.18. The standard InChI is InChI=1S/C10H6ClFN2S/c11-7-5-6(1-2-8(7)12)9-10(15)14-4-3-13-9/h1-5H,(H,14,15). The molecule has 0 aliphatic carbocycles. The van der Waals surface area contributed by atoms with E-state index in [1.54, 1.807) is 18.5 Å². The van der Waals surface area contributed by atoms with Crippen LogP contribution in [0.15, 0.2) is 30.6 Å². The van der Waals surface area contributed by atoms with Crippen molar-refractivity contribution in [2.45, 2.75) is 0 Å². The summed E-state index contributed by atoms with van der Waals surface area (Å²) in [5.74, 6) is -0.453. The van der Waals surface area contributed by atoms with Crippen molar-refractivity contribution >= 4 is 23.8 Å². The highest BCUT2D eigenvalue weighted by atomic mass is 35.5. The molecule has 0 atom stereocenters. The number of nitrogens with zero attached hydrogens (tertiary/aromatic N) is 1. The third-order valence-corrected chi connectivity index (χ3v) is 2.50. The molecule has 1 aromatic heterocycles. The maximum absolute atomic E-state index is 12.9. The van der Waals surface area contributed by atoms with Gasteiger partial charge in [-0.1, -0.05) is 23.8 Å². The molecule has 1 aromatic carbocycles. The Morgan fingerprint density at radius 2 is 2.20 bits per heavy atom. The van der Waals surface area contributed by atoms with Gasteiger partial charge in [0.15, 0.2) is 0 Å². The Labute approximate surface area is 95.8 Å². The van der Waals surface area contributed by atoms with Crippen molar-refractivity contribution in [1.29, 1.82) is 0 Å². The molecule has 0 saturated heterocycles. The summed E-state index contributed by atoms with van der Waals surface area (Å²) in [4.78, 5) is 6.95. The number of rotatable bonds is 1.